The first-order chi connectivity index (χ1) is 19.5. The quantitative estimate of drug-likeness (QED) is 0.179. The third-order valence-corrected chi connectivity index (χ3v) is 7.37. The first kappa shape index (κ1) is 30.9. The number of hydrogen-bond acceptors (Lipinski definition) is 7. The number of aryl methyl sites for hydroxylation is 1. The van der Waals surface area contributed by atoms with Crippen LogP contribution in [0.5, 0.6) is 17.2 Å². The summed E-state index contributed by atoms with van der Waals surface area (Å²) in [6.45, 7) is 4.72. The molecule has 1 N–H and O–H groups in total. The molecule has 3 rings (SSSR count). The lowest BCUT2D eigenvalue weighted by molar-refractivity contribution is -0.120. The van der Waals surface area contributed by atoms with Crippen molar-refractivity contribution >= 4 is 11.6 Å². The second-order valence-electron chi connectivity index (χ2n) is 10.2. The zero-order chi connectivity index (χ0) is 28.8. The zero-order valence-corrected chi connectivity index (χ0v) is 24.7. The fourth-order valence-electron chi connectivity index (χ4n) is 4.78. The number of tetrazole rings is 1. The molecule has 1 atom stereocenters. The Balaban J connectivity index is 1.71. The third kappa shape index (κ3) is 7.96. The molecule has 218 valence electrons. The van der Waals surface area contributed by atoms with E-state index in [-0.39, 0.29) is 5.91 Å². The SMILES string of the molecule is CCCCCCCCCCCCn1nnc(C(C)(C(=O)Nc2c(OC)cc(OC)cc2OC)c2ccccc2)n1. The number of carbonyl (C=O) groups is 1. The summed E-state index contributed by atoms with van der Waals surface area (Å²) in [7, 11) is 4.62. The minimum Gasteiger partial charge on any atom is -0.496 e. The number of hydrogen-bond donors (Lipinski definition) is 1. The van der Waals surface area contributed by atoms with E-state index in [0.29, 0.717) is 35.3 Å². The molecule has 0 aliphatic heterocycles. The van der Waals surface area contributed by atoms with Gasteiger partial charge >= 0.3 is 0 Å². The van der Waals surface area contributed by atoms with Crippen molar-refractivity contribution in [3.63, 3.8) is 0 Å². The van der Waals surface area contributed by atoms with E-state index in [9.17, 15) is 4.79 Å². The number of nitrogens with zero attached hydrogens (tertiary/aromatic N) is 4. The van der Waals surface area contributed by atoms with E-state index in [0.717, 1.165) is 18.4 Å². The fourth-order valence-corrected chi connectivity index (χ4v) is 4.78. The van der Waals surface area contributed by atoms with Gasteiger partial charge in [0, 0.05) is 12.1 Å². The molecular formula is C31H45N5O4. The van der Waals surface area contributed by atoms with Crippen molar-refractivity contribution < 1.29 is 19.0 Å². The van der Waals surface area contributed by atoms with Crippen LogP contribution in [-0.4, -0.2) is 47.4 Å². The summed E-state index contributed by atoms with van der Waals surface area (Å²) in [5.74, 6) is 1.37. The van der Waals surface area contributed by atoms with Gasteiger partial charge in [-0.05, 0) is 24.1 Å². The molecule has 0 aliphatic carbocycles. The maximum Gasteiger partial charge on any atom is 0.242 e. The summed E-state index contributed by atoms with van der Waals surface area (Å²) >= 11 is 0. The van der Waals surface area contributed by atoms with Crippen LogP contribution in [0.3, 0.4) is 0 Å². The smallest absolute Gasteiger partial charge is 0.242 e. The van der Waals surface area contributed by atoms with Crippen LogP contribution < -0.4 is 19.5 Å². The number of unbranched alkanes of at least 4 members (excludes halogenated alkanes) is 9. The normalized spacial score (nSPS) is 12.5. The van der Waals surface area contributed by atoms with Gasteiger partial charge in [0.25, 0.3) is 0 Å². The molecule has 40 heavy (non-hydrogen) atoms. The molecule has 0 saturated heterocycles. The van der Waals surface area contributed by atoms with Crippen molar-refractivity contribution in [3.8, 4) is 17.2 Å². The highest BCUT2D eigenvalue weighted by Gasteiger charge is 2.42. The van der Waals surface area contributed by atoms with E-state index in [1.807, 2.05) is 37.3 Å². The van der Waals surface area contributed by atoms with Gasteiger partial charge in [0.1, 0.15) is 28.4 Å². The molecule has 1 unspecified atom stereocenters. The van der Waals surface area contributed by atoms with E-state index in [1.165, 1.54) is 65.6 Å². The largest absolute Gasteiger partial charge is 0.496 e. The Bertz CT molecular complexity index is 1160. The standard InChI is InChI=1S/C31H45N5O4/c1-6-7-8-9-10-11-12-13-14-18-21-36-34-29(33-35-36)31(2,24-19-16-15-17-20-24)30(37)32-28-26(39-4)22-25(38-3)23-27(28)40-5/h15-17,19-20,22-23H,6-14,18,21H2,1-5H3,(H,32,37). The highest BCUT2D eigenvalue weighted by molar-refractivity contribution is 6.03. The predicted molar refractivity (Wildman–Crippen MR) is 157 cm³/mol. The van der Waals surface area contributed by atoms with Crippen molar-refractivity contribution in [1.82, 2.24) is 20.2 Å². The van der Waals surface area contributed by atoms with Crippen LogP contribution in [0.25, 0.3) is 0 Å². The van der Waals surface area contributed by atoms with Gasteiger partial charge in [0.2, 0.25) is 5.91 Å². The molecule has 1 heterocycles. The Morgan fingerprint density at radius 2 is 1.43 bits per heavy atom. The Labute approximate surface area is 238 Å². The van der Waals surface area contributed by atoms with Gasteiger partial charge in [-0.3, -0.25) is 4.79 Å². The monoisotopic (exact) mass is 551 g/mol. The summed E-state index contributed by atoms with van der Waals surface area (Å²) < 4.78 is 16.4. The average Bonchev–Trinajstić information content (AvgIpc) is 3.47. The van der Waals surface area contributed by atoms with Crippen LogP contribution in [0, 0.1) is 0 Å². The molecule has 1 amide bonds. The summed E-state index contributed by atoms with van der Waals surface area (Å²) in [5.41, 5.74) is -0.0686. The first-order valence-electron chi connectivity index (χ1n) is 14.4. The number of anilines is 1. The highest BCUT2D eigenvalue weighted by Crippen LogP contribution is 2.40. The van der Waals surface area contributed by atoms with Crippen LogP contribution in [0.1, 0.15) is 89.4 Å². The molecule has 9 nitrogen and oxygen atoms in total. The molecule has 0 saturated carbocycles. The van der Waals surface area contributed by atoms with E-state index >= 15 is 0 Å². The number of methoxy groups -OCH3 is 3. The minimum absolute atomic E-state index is 0.328. The number of rotatable bonds is 18. The molecule has 3 aromatic rings. The molecule has 0 radical (unpaired) electrons. The second kappa shape index (κ2) is 15.8. The molecule has 0 aliphatic rings. The van der Waals surface area contributed by atoms with E-state index in [1.54, 1.807) is 24.0 Å². The number of benzene rings is 2. The van der Waals surface area contributed by atoms with Crippen LogP contribution in [0.15, 0.2) is 42.5 Å². The molecule has 9 heteroatoms. The third-order valence-electron chi connectivity index (χ3n) is 7.37. The van der Waals surface area contributed by atoms with Gasteiger partial charge < -0.3 is 19.5 Å². The van der Waals surface area contributed by atoms with E-state index in [2.05, 4.69) is 27.7 Å². The van der Waals surface area contributed by atoms with Crippen molar-refractivity contribution in [2.75, 3.05) is 26.6 Å². The number of amides is 1. The van der Waals surface area contributed by atoms with Crippen LogP contribution in [0.2, 0.25) is 0 Å². The highest BCUT2D eigenvalue weighted by atomic mass is 16.5. The van der Waals surface area contributed by atoms with E-state index < -0.39 is 5.41 Å². The summed E-state index contributed by atoms with van der Waals surface area (Å²) in [4.78, 5) is 15.6. The zero-order valence-electron chi connectivity index (χ0n) is 24.7. The predicted octanol–water partition coefficient (Wildman–Crippen LogP) is 6.56. The number of carbonyl (C=O) groups excluding carboxylic acids is 1. The van der Waals surface area contributed by atoms with Gasteiger partial charge in [0.15, 0.2) is 5.82 Å². The summed E-state index contributed by atoms with van der Waals surface area (Å²) in [6.07, 6.45) is 12.6. The number of nitrogens with one attached hydrogen (secondary N) is 1. The Morgan fingerprint density at radius 3 is 1.98 bits per heavy atom. The molecule has 1 aromatic heterocycles. The van der Waals surface area contributed by atoms with Crippen LogP contribution >= 0.6 is 0 Å². The minimum atomic E-state index is -1.22. The van der Waals surface area contributed by atoms with Crippen molar-refractivity contribution in [3.05, 3.63) is 53.9 Å². The lowest BCUT2D eigenvalue weighted by Gasteiger charge is -2.26. The van der Waals surface area contributed by atoms with Gasteiger partial charge in [0.05, 0.1) is 27.9 Å². The maximum atomic E-state index is 14.0. The summed E-state index contributed by atoms with van der Waals surface area (Å²) in [5, 5.41) is 16.3. The Morgan fingerprint density at radius 1 is 0.850 bits per heavy atom. The average molecular weight is 552 g/mol. The number of aromatic nitrogens is 4. The van der Waals surface area contributed by atoms with Gasteiger partial charge in [-0.25, -0.2) is 0 Å². The molecule has 0 bridgehead atoms. The maximum absolute atomic E-state index is 14.0. The molecule has 0 spiro atoms. The van der Waals surface area contributed by atoms with Crippen LogP contribution in [0.4, 0.5) is 5.69 Å². The fraction of sp³-hybridized carbons (Fsp3) is 0.548. The van der Waals surface area contributed by atoms with Gasteiger partial charge in [-0.15, -0.1) is 10.2 Å². The van der Waals surface area contributed by atoms with Gasteiger partial charge in [-0.1, -0.05) is 95.0 Å². The second-order valence-corrected chi connectivity index (χ2v) is 10.2. The number of ether oxygens (including phenoxy) is 3. The lowest BCUT2D eigenvalue weighted by Crippen LogP contribution is -2.40. The van der Waals surface area contributed by atoms with Crippen molar-refractivity contribution in [2.24, 2.45) is 0 Å². The summed E-state index contributed by atoms with van der Waals surface area (Å²) in [6, 6.07) is 12.9. The Kier molecular flexibility index (Phi) is 12.2. The van der Waals surface area contributed by atoms with Gasteiger partial charge in [-0.2, -0.15) is 4.80 Å². The first-order valence-corrected chi connectivity index (χ1v) is 14.4. The molecule has 0 fully saturated rings. The topological polar surface area (TPSA) is 100 Å². The van der Waals surface area contributed by atoms with Crippen molar-refractivity contribution in [2.45, 2.75) is 90.0 Å². The van der Waals surface area contributed by atoms with Crippen LogP contribution in [-0.2, 0) is 16.8 Å². The Hall–Kier alpha value is -3.62. The molecule has 2 aromatic carbocycles. The van der Waals surface area contributed by atoms with E-state index in [4.69, 9.17) is 14.2 Å². The molecular weight excluding hydrogens is 506 g/mol. The lowest BCUT2D eigenvalue weighted by atomic mass is 9.80. The van der Waals surface area contributed by atoms with Crippen molar-refractivity contribution in [1.29, 1.82) is 0 Å².